The van der Waals surface area contributed by atoms with Crippen molar-refractivity contribution in [2.24, 2.45) is 0 Å². The highest BCUT2D eigenvalue weighted by Gasteiger charge is 2.18. The van der Waals surface area contributed by atoms with Crippen molar-refractivity contribution in [2.75, 3.05) is 5.32 Å². The Morgan fingerprint density at radius 1 is 1.07 bits per heavy atom. The van der Waals surface area contributed by atoms with Crippen LogP contribution < -0.4 is 10.6 Å². The average Bonchev–Trinajstić information content (AvgIpc) is 3.22. The largest absolute Gasteiger partial charge is 0.348 e. The summed E-state index contributed by atoms with van der Waals surface area (Å²) >= 11 is 0. The molecular weight excluding hydrogens is 340 g/mol. The summed E-state index contributed by atoms with van der Waals surface area (Å²) in [6.45, 7) is 4.19. The fourth-order valence-electron chi connectivity index (χ4n) is 2.64. The van der Waals surface area contributed by atoms with E-state index in [9.17, 15) is 9.59 Å². The van der Waals surface area contributed by atoms with Gasteiger partial charge < -0.3 is 10.6 Å². The molecule has 0 spiro atoms. The molecule has 0 saturated heterocycles. The maximum absolute atomic E-state index is 12.6. The number of hydrogen-bond donors (Lipinski definition) is 2. The van der Waals surface area contributed by atoms with Gasteiger partial charge in [-0.05, 0) is 37.6 Å². The van der Waals surface area contributed by atoms with E-state index in [0.29, 0.717) is 17.8 Å². The number of rotatable bonds is 6. The molecule has 0 aliphatic rings. The molecule has 2 amide bonds. The summed E-state index contributed by atoms with van der Waals surface area (Å²) in [6, 6.07) is 16.2. The van der Waals surface area contributed by atoms with Gasteiger partial charge in [-0.25, -0.2) is 0 Å². The molecule has 27 heavy (non-hydrogen) atoms. The first-order valence-electron chi connectivity index (χ1n) is 8.77. The first-order valence-corrected chi connectivity index (χ1v) is 8.77. The minimum atomic E-state index is -0.483. The Hall–Kier alpha value is -3.41. The summed E-state index contributed by atoms with van der Waals surface area (Å²) in [5, 5.41) is 9.80. The minimum absolute atomic E-state index is 0.238. The molecular formula is C21H22N4O2. The molecule has 6 nitrogen and oxygen atoms in total. The van der Waals surface area contributed by atoms with Gasteiger partial charge in [-0.15, -0.1) is 0 Å². The maximum Gasteiger partial charge on any atom is 0.253 e. The maximum atomic E-state index is 12.6. The van der Waals surface area contributed by atoms with Crippen LogP contribution in [0.15, 0.2) is 67.0 Å². The van der Waals surface area contributed by atoms with Gasteiger partial charge in [0.15, 0.2) is 0 Å². The van der Waals surface area contributed by atoms with Crippen LogP contribution in [-0.4, -0.2) is 21.6 Å². The molecule has 0 radical (unpaired) electrons. The summed E-state index contributed by atoms with van der Waals surface area (Å²) in [5.41, 5.74) is 3.08. The predicted octanol–water partition coefficient (Wildman–Crippen LogP) is 3.32. The molecule has 1 aromatic heterocycles. The lowest BCUT2D eigenvalue weighted by Gasteiger charge is -2.15. The molecule has 1 unspecified atom stereocenters. The van der Waals surface area contributed by atoms with Crippen molar-refractivity contribution < 1.29 is 9.59 Å². The van der Waals surface area contributed by atoms with Gasteiger partial charge in [0.25, 0.3) is 5.91 Å². The van der Waals surface area contributed by atoms with E-state index < -0.39 is 6.04 Å². The zero-order valence-corrected chi connectivity index (χ0v) is 15.3. The van der Waals surface area contributed by atoms with Crippen LogP contribution in [-0.2, 0) is 11.3 Å². The van der Waals surface area contributed by atoms with Gasteiger partial charge in [0.05, 0.1) is 11.3 Å². The monoisotopic (exact) mass is 362 g/mol. The second-order valence-corrected chi connectivity index (χ2v) is 6.37. The zero-order chi connectivity index (χ0) is 19.2. The molecule has 0 bridgehead atoms. The van der Waals surface area contributed by atoms with Crippen molar-refractivity contribution in [3.05, 3.63) is 83.7 Å². The third-order valence-electron chi connectivity index (χ3n) is 4.30. The Bertz CT molecular complexity index is 918. The number of aromatic nitrogens is 2. The standard InChI is InChI=1S/C21H22N4O2/c1-15-8-10-17(11-9-15)14-22-21(27)18-6-3-4-7-19(18)24-20(26)16(2)25-13-5-12-23-25/h3-13,16H,14H2,1-2H3,(H,22,27)(H,24,26). The second-order valence-electron chi connectivity index (χ2n) is 6.37. The van der Waals surface area contributed by atoms with Crippen LogP contribution >= 0.6 is 0 Å². The van der Waals surface area contributed by atoms with E-state index in [1.807, 2.05) is 31.2 Å². The highest BCUT2D eigenvalue weighted by Crippen LogP contribution is 2.17. The van der Waals surface area contributed by atoms with E-state index in [0.717, 1.165) is 5.56 Å². The van der Waals surface area contributed by atoms with Crippen molar-refractivity contribution in [1.29, 1.82) is 0 Å². The third-order valence-corrected chi connectivity index (χ3v) is 4.30. The normalized spacial score (nSPS) is 11.6. The number of hydrogen-bond acceptors (Lipinski definition) is 3. The van der Waals surface area contributed by atoms with Crippen LogP contribution in [0.5, 0.6) is 0 Å². The van der Waals surface area contributed by atoms with Crippen molar-refractivity contribution >= 4 is 17.5 Å². The van der Waals surface area contributed by atoms with Crippen LogP contribution in [0.4, 0.5) is 5.69 Å². The second kappa shape index (κ2) is 8.31. The Morgan fingerprint density at radius 2 is 1.81 bits per heavy atom. The van der Waals surface area contributed by atoms with Gasteiger partial charge in [0.2, 0.25) is 5.91 Å². The predicted molar refractivity (Wildman–Crippen MR) is 104 cm³/mol. The van der Waals surface area contributed by atoms with Crippen molar-refractivity contribution in [3.8, 4) is 0 Å². The molecule has 0 aliphatic carbocycles. The molecule has 2 N–H and O–H groups in total. The lowest BCUT2D eigenvalue weighted by Crippen LogP contribution is -2.27. The van der Waals surface area contributed by atoms with Crippen LogP contribution in [0.3, 0.4) is 0 Å². The molecule has 6 heteroatoms. The van der Waals surface area contributed by atoms with Gasteiger partial charge in [-0.1, -0.05) is 42.0 Å². The SMILES string of the molecule is Cc1ccc(CNC(=O)c2ccccc2NC(=O)C(C)n2cccn2)cc1. The Morgan fingerprint density at radius 3 is 2.52 bits per heavy atom. The van der Waals surface area contributed by atoms with E-state index in [-0.39, 0.29) is 11.8 Å². The first-order chi connectivity index (χ1) is 13.0. The molecule has 1 heterocycles. The fourth-order valence-corrected chi connectivity index (χ4v) is 2.64. The van der Waals surface area contributed by atoms with Crippen LogP contribution in [0, 0.1) is 6.92 Å². The van der Waals surface area contributed by atoms with Crippen LogP contribution in [0.1, 0.15) is 34.5 Å². The molecule has 1 atom stereocenters. The smallest absolute Gasteiger partial charge is 0.253 e. The number of nitrogens with zero attached hydrogens (tertiary/aromatic N) is 2. The van der Waals surface area contributed by atoms with E-state index in [1.54, 1.807) is 54.3 Å². The number of anilines is 1. The number of carbonyl (C=O) groups is 2. The third kappa shape index (κ3) is 4.61. The topological polar surface area (TPSA) is 76.0 Å². The summed E-state index contributed by atoms with van der Waals surface area (Å²) in [7, 11) is 0. The molecule has 3 rings (SSSR count). The fraction of sp³-hybridized carbons (Fsp3) is 0.190. The lowest BCUT2D eigenvalue weighted by molar-refractivity contribution is -0.119. The van der Waals surface area contributed by atoms with Crippen molar-refractivity contribution in [1.82, 2.24) is 15.1 Å². The van der Waals surface area contributed by atoms with E-state index in [1.165, 1.54) is 5.56 Å². The summed E-state index contributed by atoms with van der Waals surface area (Å²) in [5.74, 6) is -0.476. The minimum Gasteiger partial charge on any atom is -0.348 e. The number of carbonyl (C=O) groups excluding carboxylic acids is 2. The van der Waals surface area contributed by atoms with Gasteiger partial charge in [0.1, 0.15) is 6.04 Å². The molecule has 0 fully saturated rings. The molecule has 2 aromatic carbocycles. The Kier molecular flexibility index (Phi) is 5.66. The molecule has 138 valence electrons. The Balaban J connectivity index is 1.68. The van der Waals surface area contributed by atoms with Gasteiger partial charge in [-0.3, -0.25) is 14.3 Å². The number of amides is 2. The van der Waals surface area contributed by atoms with Crippen molar-refractivity contribution in [3.63, 3.8) is 0 Å². The molecule has 0 saturated carbocycles. The highest BCUT2D eigenvalue weighted by atomic mass is 16.2. The van der Waals surface area contributed by atoms with E-state index in [4.69, 9.17) is 0 Å². The summed E-state index contributed by atoms with van der Waals surface area (Å²) in [6.07, 6.45) is 3.35. The summed E-state index contributed by atoms with van der Waals surface area (Å²) in [4.78, 5) is 25.1. The molecule has 0 aliphatic heterocycles. The average molecular weight is 362 g/mol. The van der Waals surface area contributed by atoms with Crippen molar-refractivity contribution in [2.45, 2.75) is 26.4 Å². The van der Waals surface area contributed by atoms with Gasteiger partial charge >= 0.3 is 0 Å². The highest BCUT2D eigenvalue weighted by molar-refractivity contribution is 6.04. The van der Waals surface area contributed by atoms with E-state index >= 15 is 0 Å². The summed E-state index contributed by atoms with van der Waals surface area (Å²) < 4.78 is 1.56. The Labute approximate surface area is 158 Å². The number of para-hydroxylation sites is 1. The zero-order valence-electron chi connectivity index (χ0n) is 15.3. The first kappa shape index (κ1) is 18.4. The quantitative estimate of drug-likeness (QED) is 0.706. The van der Waals surface area contributed by atoms with E-state index in [2.05, 4.69) is 15.7 Å². The number of nitrogens with one attached hydrogen (secondary N) is 2. The van der Waals surface area contributed by atoms with Crippen LogP contribution in [0.2, 0.25) is 0 Å². The van der Waals surface area contributed by atoms with Gasteiger partial charge in [-0.2, -0.15) is 5.10 Å². The number of aryl methyl sites for hydroxylation is 1. The number of benzene rings is 2. The lowest BCUT2D eigenvalue weighted by atomic mass is 10.1. The molecule has 3 aromatic rings. The van der Waals surface area contributed by atoms with Gasteiger partial charge in [0, 0.05) is 18.9 Å². The van der Waals surface area contributed by atoms with Crippen LogP contribution in [0.25, 0.3) is 0 Å².